The number of ether oxygens (including phenoxy) is 4. The van der Waals surface area contributed by atoms with Gasteiger partial charge in [0.2, 0.25) is 10.0 Å². The number of aromatic nitrogens is 2. The van der Waals surface area contributed by atoms with Gasteiger partial charge in [-0.3, -0.25) is 9.48 Å². The molecule has 0 atom stereocenters. The van der Waals surface area contributed by atoms with Crippen molar-refractivity contribution in [2.75, 3.05) is 54.6 Å². The van der Waals surface area contributed by atoms with Gasteiger partial charge < -0.3 is 28.7 Å². The normalized spacial score (nSPS) is 15.5. The zero-order valence-electron chi connectivity index (χ0n) is 29.3. The Morgan fingerprint density at radius 3 is 2.22 bits per heavy atom. The molecule has 3 aromatic carbocycles. The van der Waals surface area contributed by atoms with Crippen LogP contribution < -0.4 is 18.9 Å². The van der Waals surface area contributed by atoms with Crippen molar-refractivity contribution in [3.05, 3.63) is 94.8 Å². The molecule has 0 radical (unpaired) electrons. The number of carbonyl (C=O) groups is 1. The Hall–Kier alpha value is -4.59. The fraction of sp³-hybridized carbons (Fsp3) is 0.405. The Morgan fingerprint density at radius 2 is 1.56 bits per heavy atom. The number of para-hydroxylation sites is 1. The molecule has 0 spiro atoms. The van der Waals surface area contributed by atoms with Crippen LogP contribution >= 0.6 is 0 Å². The maximum absolute atomic E-state index is 14.2. The van der Waals surface area contributed by atoms with Crippen LogP contribution in [0.5, 0.6) is 23.0 Å². The number of hydrogen-bond acceptors (Lipinski definition) is 9. The number of aryl methyl sites for hydroxylation is 1. The number of methoxy groups -OCH3 is 3. The van der Waals surface area contributed by atoms with E-state index in [-0.39, 0.29) is 30.5 Å². The van der Waals surface area contributed by atoms with Crippen LogP contribution in [-0.4, -0.2) is 92.8 Å². The Balaban J connectivity index is 1.22. The van der Waals surface area contributed by atoms with Crippen LogP contribution in [0.25, 0.3) is 0 Å². The van der Waals surface area contributed by atoms with Gasteiger partial charge in [0.15, 0.2) is 11.5 Å². The van der Waals surface area contributed by atoms with Crippen molar-refractivity contribution in [2.45, 2.75) is 43.4 Å². The van der Waals surface area contributed by atoms with Gasteiger partial charge in [0.25, 0.3) is 5.91 Å². The molecule has 1 aliphatic heterocycles. The highest BCUT2D eigenvalue weighted by atomic mass is 32.2. The molecule has 50 heavy (non-hydrogen) atoms. The minimum absolute atomic E-state index is 0.176. The molecule has 1 amide bonds. The maximum atomic E-state index is 14.2. The lowest BCUT2D eigenvalue weighted by Gasteiger charge is -2.31. The van der Waals surface area contributed by atoms with Crippen molar-refractivity contribution < 1.29 is 32.2 Å². The summed E-state index contributed by atoms with van der Waals surface area (Å²) in [6.07, 6.45) is 2.17. The van der Waals surface area contributed by atoms with Crippen LogP contribution in [0, 0.1) is 0 Å². The zero-order chi connectivity index (χ0) is 35.4. The second-order valence-corrected chi connectivity index (χ2v) is 14.7. The first-order chi connectivity index (χ1) is 24.1. The van der Waals surface area contributed by atoms with Crippen molar-refractivity contribution in [2.24, 2.45) is 7.05 Å². The molecule has 1 saturated carbocycles. The van der Waals surface area contributed by atoms with Crippen molar-refractivity contribution in [3.63, 3.8) is 0 Å². The smallest absolute Gasteiger partial charge is 0.272 e. The summed E-state index contributed by atoms with van der Waals surface area (Å²) in [7, 11) is 5.00. The number of sulfonamides is 1. The van der Waals surface area contributed by atoms with Gasteiger partial charge in [0.05, 0.1) is 45.0 Å². The quantitative estimate of drug-likeness (QED) is 0.185. The first-order valence-corrected chi connectivity index (χ1v) is 18.2. The lowest BCUT2D eigenvalue weighted by Crippen LogP contribution is -2.46. The van der Waals surface area contributed by atoms with E-state index in [9.17, 15) is 13.2 Å². The average Bonchev–Trinajstić information content (AvgIpc) is 3.91. The summed E-state index contributed by atoms with van der Waals surface area (Å²) in [6, 6.07) is 19.8. The summed E-state index contributed by atoms with van der Waals surface area (Å²) < 4.78 is 52.7. The van der Waals surface area contributed by atoms with Crippen LogP contribution in [-0.2, 0) is 36.8 Å². The lowest BCUT2D eigenvalue weighted by atomic mass is 10.1. The van der Waals surface area contributed by atoms with Gasteiger partial charge in [-0.05, 0) is 61.9 Å². The summed E-state index contributed by atoms with van der Waals surface area (Å²) in [4.78, 5) is 18.4. The van der Waals surface area contributed by atoms with E-state index in [4.69, 9.17) is 18.9 Å². The second-order valence-electron chi connectivity index (χ2n) is 12.8. The third kappa shape index (κ3) is 7.74. The number of nitrogens with zero attached hydrogens (tertiary/aromatic N) is 5. The molecule has 0 unspecified atom stereocenters. The van der Waals surface area contributed by atoms with E-state index in [1.165, 1.54) is 4.31 Å². The molecular formula is C37H45N5O7S. The lowest BCUT2D eigenvalue weighted by molar-refractivity contribution is 0.0716. The molecule has 2 aliphatic rings. The van der Waals surface area contributed by atoms with E-state index in [2.05, 4.69) is 10.00 Å². The summed E-state index contributed by atoms with van der Waals surface area (Å²) in [5.74, 6) is 2.50. The summed E-state index contributed by atoms with van der Waals surface area (Å²) in [6.45, 7) is 3.03. The van der Waals surface area contributed by atoms with Crippen LogP contribution in [0.15, 0.2) is 71.6 Å². The molecular weight excluding hydrogens is 659 g/mol. The molecule has 0 N–H and O–H groups in total. The Labute approximate surface area is 294 Å². The van der Waals surface area contributed by atoms with E-state index in [1.807, 2.05) is 43.4 Å². The van der Waals surface area contributed by atoms with Gasteiger partial charge in [-0.25, -0.2) is 8.42 Å². The fourth-order valence-corrected chi connectivity index (χ4v) is 7.57. The standard InChI is InChI=1S/C37H45N5O7S/c1-39-17-19-42(20-18-39)50(44,45)31-15-9-26(10-16-31)25-49-34-8-6-7-29(36(34)48-5)24-41(23-28-13-14-30(46-3)21-35(28)47-4)37(43)33-22-32(27-11-12-27)38-40(33)2/h6-10,13-16,21-22,27H,11-12,17-20,23-25H2,1-5H3. The van der Waals surface area contributed by atoms with E-state index in [0.717, 1.165) is 35.2 Å². The molecule has 6 rings (SSSR count). The first kappa shape index (κ1) is 35.2. The summed E-state index contributed by atoms with van der Waals surface area (Å²) in [5.41, 5.74) is 3.82. The van der Waals surface area contributed by atoms with Gasteiger partial charge >= 0.3 is 0 Å². The number of carbonyl (C=O) groups excluding carboxylic acids is 1. The fourth-order valence-electron chi connectivity index (χ4n) is 6.15. The number of likely N-dealkylation sites (N-methyl/N-ethyl adjacent to an activating group) is 1. The second kappa shape index (κ2) is 15.1. The monoisotopic (exact) mass is 703 g/mol. The summed E-state index contributed by atoms with van der Waals surface area (Å²) in [5, 5.41) is 4.64. The SMILES string of the molecule is COc1ccc(CN(Cc2cccc(OCc3ccc(S(=O)(=O)N4CCN(C)CC4)cc3)c2OC)C(=O)c2cc(C3CC3)nn2C)c(OC)c1. The number of benzene rings is 3. The highest BCUT2D eigenvalue weighted by molar-refractivity contribution is 7.89. The third-order valence-electron chi connectivity index (χ3n) is 9.30. The number of rotatable bonds is 14. The maximum Gasteiger partial charge on any atom is 0.272 e. The Morgan fingerprint density at radius 1 is 0.840 bits per heavy atom. The first-order valence-electron chi connectivity index (χ1n) is 16.7. The predicted octanol–water partition coefficient (Wildman–Crippen LogP) is 4.68. The van der Waals surface area contributed by atoms with Crippen LogP contribution in [0.2, 0.25) is 0 Å². The summed E-state index contributed by atoms with van der Waals surface area (Å²) >= 11 is 0. The highest BCUT2D eigenvalue weighted by Crippen LogP contribution is 2.40. The van der Waals surface area contributed by atoms with E-state index in [0.29, 0.717) is 60.8 Å². The Kier molecular flexibility index (Phi) is 10.7. The van der Waals surface area contributed by atoms with Crippen molar-refractivity contribution in [1.29, 1.82) is 0 Å². The van der Waals surface area contributed by atoms with Gasteiger partial charge in [0.1, 0.15) is 23.8 Å². The number of hydrogen-bond donors (Lipinski definition) is 0. The molecule has 12 nitrogen and oxygen atoms in total. The molecule has 0 bridgehead atoms. The third-order valence-corrected chi connectivity index (χ3v) is 11.2. The van der Waals surface area contributed by atoms with Crippen molar-refractivity contribution in [3.8, 4) is 23.0 Å². The number of amides is 1. The van der Waals surface area contributed by atoms with Crippen LogP contribution in [0.3, 0.4) is 0 Å². The Bertz CT molecular complexity index is 1920. The molecule has 1 aromatic heterocycles. The molecule has 4 aromatic rings. The average molecular weight is 704 g/mol. The van der Waals surface area contributed by atoms with Gasteiger partial charge in [-0.15, -0.1) is 0 Å². The van der Waals surface area contributed by atoms with Crippen LogP contribution in [0.1, 0.15) is 51.6 Å². The molecule has 266 valence electrons. The predicted molar refractivity (Wildman–Crippen MR) is 188 cm³/mol. The van der Waals surface area contributed by atoms with Gasteiger partial charge in [-0.1, -0.05) is 24.3 Å². The van der Waals surface area contributed by atoms with E-state index in [1.54, 1.807) is 68.3 Å². The highest BCUT2D eigenvalue weighted by Gasteiger charge is 2.30. The molecule has 1 saturated heterocycles. The van der Waals surface area contributed by atoms with Gasteiger partial charge in [-0.2, -0.15) is 9.40 Å². The van der Waals surface area contributed by atoms with Gasteiger partial charge in [0, 0.05) is 56.3 Å². The molecule has 1 aliphatic carbocycles. The minimum atomic E-state index is -3.56. The van der Waals surface area contributed by atoms with Crippen molar-refractivity contribution in [1.82, 2.24) is 23.9 Å². The molecule has 2 fully saturated rings. The topological polar surface area (TPSA) is 116 Å². The zero-order valence-corrected chi connectivity index (χ0v) is 30.1. The van der Waals surface area contributed by atoms with E-state index < -0.39 is 10.0 Å². The molecule has 13 heteroatoms. The largest absolute Gasteiger partial charge is 0.497 e. The van der Waals surface area contributed by atoms with E-state index >= 15 is 0 Å². The number of piperazine rings is 1. The van der Waals surface area contributed by atoms with Crippen LogP contribution in [0.4, 0.5) is 0 Å². The van der Waals surface area contributed by atoms with Crippen molar-refractivity contribution >= 4 is 15.9 Å². The minimum Gasteiger partial charge on any atom is -0.497 e. The molecule has 2 heterocycles.